The number of rotatable bonds is 10. The quantitative estimate of drug-likeness (QED) is 0.368. The molecule has 0 aliphatic carbocycles. The predicted molar refractivity (Wildman–Crippen MR) is 125 cm³/mol. The van der Waals surface area contributed by atoms with Crippen LogP contribution in [0.3, 0.4) is 0 Å². The summed E-state index contributed by atoms with van der Waals surface area (Å²) in [5.41, 5.74) is 1.67. The minimum Gasteiger partial charge on any atom is -0.480 e. The van der Waals surface area contributed by atoms with Crippen LogP contribution in [-0.2, 0) is 22.4 Å². The number of carboxylic acids is 2. The van der Waals surface area contributed by atoms with Gasteiger partial charge in [0, 0.05) is 24.0 Å². The smallest absolute Gasteiger partial charge is 0.326 e. The largest absolute Gasteiger partial charge is 0.480 e. The average Bonchev–Trinajstić information content (AvgIpc) is 2.84. The Bertz CT molecular complexity index is 1080. The van der Waals surface area contributed by atoms with Crippen molar-refractivity contribution in [2.24, 2.45) is 0 Å². The number of benzene rings is 3. The lowest BCUT2D eigenvalue weighted by Crippen LogP contribution is -2.43. The van der Waals surface area contributed by atoms with Gasteiger partial charge in [0.25, 0.3) is 11.8 Å². The molecule has 3 aromatic rings. The van der Waals surface area contributed by atoms with E-state index < -0.39 is 35.8 Å². The highest BCUT2D eigenvalue weighted by molar-refractivity contribution is 6.01. The van der Waals surface area contributed by atoms with Crippen molar-refractivity contribution in [3.05, 3.63) is 107 Å². The van der Waals surface area contributed by atoms with Gasteiger partial charge in [-0.2, -0.15) is 0 Å². The Morgan fingerprint density at radius 3 is 1.32 bits per heavy atom. The molecule has 0 aromatic heterocycles. The van der Waals surface area contributed by atoms with E-state index in [-0.39, 0.29) is 24.0 Å². The molecule has 0 saturated carbocycles. The van der Waals surface area contributed by atoms with Crippen molar-refractivity contribution in [2.45, 2.75) is 24.9 Å². The number of hydrogen-bond donors (Lipinski definition) is 4. The maximum atomic E-state index is 12.7. The number of carbonyl (C=O) groups excluding carboxylic acids is 2. The molecule has 0 saturated heterocycles. The Balaban J connectivity index is 1.69. The normalized spacial score (nSPS) is 12.2. The van der Waals surface area contributed by atoms with Gasteiger partial charge in [0.1, 0.15) is 12.1 Å². The first-order valence-corrected chi connectivity index (χ1v) is 10.6. The van der Waals surface area contributed by atoms with Crippen molar-refractivity contribution < 1.29 is 29.4 Å². The Kier molecular flexibility index (Phi) is 8.12. The second kappa shape index (κ2) is 11.4. The van der Waals surface area contributed by atoms with E-state index in [0.29, 0.717) is 0 Å². The summed E-state index contributed by atoms with van der Waals surface area (Å²) in [6.07, 6.45) is 0.198. The summed E-state index contributed by atoms with van der Waals surface area (Å²) in [6, 6.07) is 21.2. The zero-order valence-corrected chi connectivity index (χ0v) is 18.2. The molecule has 3 aromatic carbocycles. The fourth-order valence-electron chi connectivity index (χ4n) is 3.38. The van der Waals surface area contributed by atoms with Crippen LogP contribution in [0, 0.1) is 0 Å². The Labute approximate surface area is 196 Å². The van der Waals surface area contributed by atoms with E-state index in [1.165, 1.54) is 24.3 Å². The van der Waals surface area contributed by atoms with Crippen LogP contribution in [-0.4, -0.2) is 46.0 Å². The lowest BCUT2D eigenvalue weighted by Gasteiger charge is -2.16. The maximum Gasteiger partial charge on any atom is 0.326 e. The molecule has 0 aliphatic rings. The molecule has 0 heterocycles. The topological polar surface area (TPSA) is 133 Å². The van der Waals surface area contributed by atoms with Gasteiger partial charge in [0.2, 0.25) is 0 Å². The van der Waals surface area contributed by atoms with E-state index in [2.05, 4.69) is 10.6 Å². The van der Waals surface area contributed by atoms with Crippen LogP contribution in [0.25, 0.3) is 0 Å². The number of hydrogen-bond acceptors (Lipinski definition) is 4. The lowest BCUT2D eigenvalue weighted by atomic mass is 10.0. The fourth-order valence-corrected chi connectivity index (χ4v) is 3.38. The van der Waals surface area contributed by atoms with Gasteiger partial charge >= 0.3 is 11.9 Å². The molecule has 0 fully saturated rings. The van der Waals surface area contributed by atoms with Gasteiger partial charge < -0.3 is 20.8 Å². The number of amides is 2. The monoisotopic (exact) mass is 460 g/mol. The lowest BCUT2D eigenvalue weighted by molar-refractivity contribution is -0.140. The minimum absolute atomic E-state index is 0.0851. The van der Waals surface area contributed by atoms with Crippen molar-refractivity contribution in [1.82, 2.24) is 10.6 Å². The molecule has 34 heavy (non-hydrogen) atoms. The third-order valence-electron chi connectivity index (χ3n) is 5.16. The van der Waals surface area contributed by atoms with Crippen molar-refractivity contribution in [1.29, 1.82) is 0 Å². The molecular formula is C26H24N2O6. The molecule has 2 atom stereocenters. The zero-order chi connectivity index (χ0) is 24.5. The van der Waals surface area contributed by atoms with Gasteiger partial charge in [-0.05, 0) is 29.3 Å². The predicted octanol–water partition coefficient (Wildman–Crippen LogP) is 2.54. The highest BCUT2D eigenvalue weighted by Crippen LogP contribution is 2.10. The first-order chi connectivity index (χ1) is 16.3. The van der Waals surface area contributed by atoms with Gasteiger partial charge in [-0.1, -0.05) is 66.7 Å². The van der Waals surface area contributed by atoms with Crippen LogP contribution < -0.4 is 10.6 Å². The van der Waals surface area contributed by atoms with Crippen LogP contribution in [0.15, 0.2) is 84.9 Å². The summed E-state index contributed by atoms with van der Waals surface area (Å²) >= 11 is 0. The molecule has 0 aliphatic heterocycles. The number of nitrogens with one attached hydrogen (secondary N) is 2. The Hall–Kier alpha value is -4.46. The molecule has 0 radical (unpaired) electrons. The summed E-state index contributed by atoms with van der Waals surface area (Å²) in [7, 11) is 0. The first kappa shape index (κ1) is 24.2. The van der Waals surface area contributed by atoms with Gasteiger partial charge in [0.05, 0.1) is 0 Å². The summed E-state index contributed by atoms with van der Waals surface area (Å²) in [5, 5.41) is 24.0. The molecule has 8 heteroatoms. The van der Waals surface area contributed by atoms with Crippen molar-refractivity contribution in [2.75, 3.05) is 0 Å². The molecule has 4 N–H and O–H groups in total. The molecule has 8 nitrogen and oxygen atoms in total. The van der Waals surface area contributed by atoms with Crippen molar-refractivity contribution >= 4 is 23.8 Å². The number of aliphatic carboxylic acids is 2. The molecule has 0 bridgehead atoms. The molecule has 0 unspecified atom stereocenters. The highest BCUT2D eigenvalue weighted by atomic mass is 16.4. The standard InChI is InChI=1S/C26H24N2O6/c29-23(27-21(25(31)32)14-17-8-3-1-4-9-17)19-12-7-13-20(16-19)24(30)28-22(26(33)34)15-18-10-5-2-6-11-18/h1-13,16,21-22H,14-15H2,(H,27,29)(H,28,30)(H,31,32)(H,33,34)/t21-,22-/m0/s1. The second-order valence-electron chi connectivity index (χ2n) is 7.69. The maximum absolute atomic E-state index is 12.7. The fraction of sp³-hybridized carbons (Fsp3) is 0.154. The SMILES string of the molecule is O=C(N[C@@H](Cc1ccccc1)C(=O)O)c1cccc(C(=O)N[C@@H](Cc2ccccc2)C(=O)O)c1. The van der Waals surface area contributed by atoms with E-state index in [4.69, 9.17) is 0 Å². The summed E-state index contributed by atoms with van der Waals surface area (Å²) in [4.78, 5) is 48.7. The third-order valence-corrected chi connectivity index (χ3v) is 5.16. The third kappa shape index (κ3) is 6.77. The number of carbonyl (C=O) groups is 4. The minimum atomic E-state index is -1.18. The van der Waals surface area contributed by atoms with Gasteiger partial charge in [-0.15, -0.1) is 0 Å². The van der Waals surface area contributed by atoms with Crippen LogP contribution in [0.5, 0.6) is 0 Å². The van der Waals surface area contributed by atoms with E-state index in [0.717, 1.165) is 11.1 Å². The zero-order valence-electron chi connectivity index (χ0n) is 18.2. The van der Waals surface area contributed by atoms with Crippen LogP contribution in [0.2, 0.25) is 0 Å². The molecule has 174 valence electrons. The summed E-state index contributed by atoms with van der Waals surface area (Å²) in [6.45, 7) is 0. The molecule has 2 amide bonds. The van der Waals surface area contributed by atoms with E-state index in [1.807, 2.05) is 12.1 Å². The average molecular weight is 460 g/mol. The Morgan fingerprint density at radius 1 is 0.588 bits per heavy atom. The van der Waals surface area contributed by atoms with Crippen LogP contribution in [0.1, 0.15) is 31.8 Å². The van der Waals surface area contributed by atoms with E-state index >= 15 is 0 Å². The van der Waals surface area contributed by atoms with E-state index in [1.54, 1.807) is 48.5 Å². The molecular weight excluding hydrogens is 436 g/mol. The Morgan fingerprint density at radius 2 is 0.971 bits per heavy atom. The second-order valence-corrected chi connectivity index (χ2v) is 7.69. The van der Waals surface area contributed by atoms with Gasteiger partial charge in [0.15, 0.2) is 0 Å². The van der Waals surface area contributed by atoms with Gasteiger partial charge in [-0.25, -0.2) is 9.59 Å². The van der Waals surface area contributed by atoms with E-state index in [9.17, 15) is 29.4 Å². The molecule has 3 rings (SSSR count). The first-order valence-electron chi connectivity index (χ1n) is 10.6. The summed E-state index contributed by atoms with van der Waals surface area (Å²) < 4.78 is 0. The van der Waals surface area contributed by atoms with Crippen molar-refractivity contribution in [3.8, 4) is 0 Å². The highest BCUT2D eigenvalue weighted by Gasteiger charge is 2.23. The van der Waals surface area contributed by atoms with Crippen molar-refractivity contribution in [3.63, 3.8) is 0 Å². The molecule has 0 spiro atoms. The number of carboxylic acid groups (broad SMARTS) is 2. The van der Waals surface area contributed by atoms with Gasteiger partial charge in [-0.3, -0.25) is 9.59 Å². The van der Waals surface area contributed by atoms with Crippen LogP contribution >= 0.6 is 0 Å². The summed E-state index contributed by atoms with van der Waals surface area (Å²) in [5.74, 6) is -3.68. The van der Waals surface area contributed by atoms with Crippen LogP contribution in [0.4, 0.5) is 0 Å².